The predicted molar refractivity (Wildman–Crippen MR) is 99.7 cm³/mol. The fourth-order valence-electron chi connectivity index (χ4n) is 2.21. The maximum Gasteiger partial charge on any atom is 0.253 e. The molecule has 0 aliphatic rings. The van der Waals surface area contributed by atoms with Crippen LogP contribution in [0.4, 0.5) is 5.69 Å². The van der Waals surface area contributed by atoms with Crippen LogP contribution in [0.2, 0.25) is 0 Å². The van der Waals surface area contributed by atoms with Crippen molar-refractivity contribution in [2.45, 2.75) is 6.92 Å². The molecule has 0 atom stereocenters. The van der Waals surface area contributed by atoms with Crippen LogP contribution < -0.4 is 10.1 Å². The van der Waals surface area contributed by atoms with Crippen LogP contribution in [0.25, 0.3) is 6.08 Å². The fraction of sp³-hybridized carbons (Fsp3) is 0.200. The second-order valence-electron chi connectivity index (χ2n) is 5.57. The Hall–Kier alpha value is -3.08. The van der Waals surface area contributed by atoms with Crippen molar-refractivity contribution < 1.29 is 14.3 Å². The molecule has 25 heavy (non-hydrogen) atoms. The summed E-state index contributed by atoms with van der Waals surface area (Å²) < 4.78 is 5.52. The van der Waals surface area contributed by atoms with Gasteiger partial charge in [0.05, 0.1) is 6.61 Å². The summed E-state index contributed by atoms with van der Waals surface area (Å²) >= 11 is 0. The number of benzene rings is 2. The summed E-state index contributed by atoms with van der Waals surface area (Å²) in [7, 11) is 3.39. The molecule has 1 N–H and O–H groups in total. The highest BCUT2D eigenvalue weighted by molar-refractivity contribution is 6.02. The topological polar surface area (TPSA) is 58.6 Å². The lowest BCUT2D eigenvalue weighted by Gasteiger charge is -2.10. The van der Waals surface area contributed by atoms with Gasteiger partial charge < -0.3 is 15.0 Å². The second-order valence-corrected chi connectivity index (χ2v) is 5.57. The Bertz CT molecular complexity index is 765. The zero-order valence-corrected chi connectivity index (χ0v) is 14.7. The monoisotopic (exact) mass is 338 g/mol. The van der Waals surface area contributed by atoms with Crippen molar-refractivity contribution in [3.05, 3.63) is 65.7 Å². The van der Waals surface area contributed by atoms with Crippen LogP contribution >= 0.6 is 0 Å². The largest absolute Gasteiger partial charge is 0.493 e. The zero-order valence-electron chi connectivity index (χ0n) is 14.7. The average molecular weight is 338 g/mol. The van der Waals surface area contributed by atoms with E-state index in [9.17, 15) is 9.59 Å². The van der Waals surface area contributed by atoms with Gasteiger partial charge in [-0.1, -0.05) is 18.2 Å². The maximum atomic E-state index is 12.1. The molecule has 0 aliphatic carbocycles. The van der Waals surface area contributed by atoms with Gasteiger partial charge in [0.15, 0.2) is 0 Å². The zero-order chi connectivity index (χ0) is 18.2. The van der Waals surface area contributed by atoms with E-state index in [1.807, 2.05) is 31.2 Å². The van der Waals surface area contributed by atoms with E-state index in [1.165, 1.54) is 11.0 Å². The highest BCUT2D eigenvalue weighted by Gasteiger charge is 2.07. The SMILES string of the molecule is CCOc1ccccc1/C=C/C(=O)Nc1ccc(C(=O)N(C)C)cc1. The minimum atomic E-state index is -0.252. The van der Waals surface area contributed by atoms with E-state index in [0.717, 1.165) is 11.3 Å². The summed E-state index contributed by atoms with van der Waals surface area (Å²) in [5.41, 5.74) is 2.04. The Morgan fingerprint density at radius 2 is 1.76 bits per heavy atom. The van der Waals surface area contributed by atoms with Crippen molar-refractivity contribution in [1.29, 1.82) is 0 Å². The normalized spacial score (nSPS) is 10.5. The van der Waals surface area contributed by atoms with E-state index in [-0.39, 0.29) is 11.8 Å². The minimum absolute atomic E-state index is 0.0784. The number of carbonyl (C=O) groups is 2. The number of carbonyl (C=O) groups excluding carboxylic acids is 2. The highest BCUT2D eigenvalue weighted by Crippen LogP contribution is 2.19. The van der Waals surface area contributed by atoms with Gasteiger partial charge in [-0.3, -0.25) is 9.59 Å². The van der Waals surface area contributed by atoms with Crippen LogP contribution in [-0.2, 0) is 4.79 Å². The van der Waals surface area contributed by atoms with E-state index < -0.39 is 0 Å². The quantitative estimate of drug-likeness (QED) is 0.821. The Morgan fingerprint density at radius 3 is 2.40 bits per heavy atom. The molecule has 0 heterocycles. The number of ether oxygens (including phenoxy) is 1. The van der Waals surface area contributed by atoms with E-state index in [1.54, 1.807) is 44.4 Å². The van der Waals surface area contributed by atoms with Crippen LogP contribution in [0.1, 0.15) is 22.8 Å². The Morgan fingerprint density at radius 1 is 1.08 bits per heavy atom. The van der Waals surface area contributed by atoms with Crippen molar-refractivity contribution in [1.82, 2.24) is 4.90 Å². The van der Waals surface area contributed by atoms with Gasteiger partial charge in [0.2, 0.25) is 5.91 Å². The Kier molecular flexibility index (Phi) is 6.34. The van der Waals surface area contributed by atoms with Crippen molar-refractivity contribution in [2.75, 3.05) is 26.0 Å². The molecule has 5 nitrogen and oxygen atoms in total. The lowest BCUT2D eigenvalue weighted by atomic mass is 10.1. The van der Waals surface area contributed by atoms with Gasteiger partial charge in [0, 0.05) is 37.0 Å². The number of anilines is 1. The summed E-state index contributed by atoms with van der Waals surface area (Å²) in [4.78, 5) is 25.4. The number of nitrogens with zero attached hydrogens (tertiary/aromatic N) is 1. The van der Waals surface area contributed by atoms with Crippen molar-refractivity contribution in [2.24, 2.45) is 0 Å². The molecule has 0 saturated carbocycles. The summed E-state index contributed by atoms with van der Waals surface area (Å²) in [6.45, 7) is 2.48. The first kappa shape index (κ1) is 18.3. The Labute approximate surface area is 147 Å². The number of para-hydroxylation sites is 1. The lowest BCUT2D eigenvalue weighted by molar-refractivity contribution is -0.111. The van der Waals surface area contributed by atoms with Gasteiger partial charge in [-0.05, 0) is 43.3 Å². The molecule has 2 aromatic carbocycles. The molecule has 0 saturated heterocycles. The molecule has 5 heteroatoms. The van der Waals surface area contributed by atoms with E-state index >= 15 is 0 Å². The van der Waals surface area contributed by atoms with Crippen LogP contribution in [0.15, 0.2) is 54.6 Å². The summed E-state index contributed by atoms with van der Waals surface area (Å²) in [5, 5.41) is 2.77. The average Bonchev–Trinajstić information content (AvgIpc) is 2.61. The van der Waals surface area contributed by atoms with Crippen molar-refractivity contribution in [3.8, 4) is 5.75 Å². The molecule has 0 aromatic heterocycles. The van der Waals surface area contributed by atoms with Crippen molar-refractivity contribution in [3.63, 3.8) is 0 Å². The number of nitrogens with one attached hydrogen (secondary N) is 1. The fourth-order valence-corrected chi connectivity index (χ4v) is 2.21. The van der Waals surface area contributed by atoms with E-state index in [2.05, 4.69) is 5.32 Å². The smallest absolute Gasteiger partial charge is 0.253 e. The summed E-state index contributed by atoms with van der Waals surface area (Å²) in [5.74, 6) is 0.406. The third-order valence-electron chi connectivity index (χ3n) is 3.44. The molecule has 0 aliphatic heterocycles. The molecular weight excluding hydrogens is 316 g/mol. The molecule has 2 amide bonds. The molecule has 0 radical (unpaired) electrons. The molecule has 2 aromatic rings. The number of hydrogen-bond acceptors (Lipinski definition) is 3. The maximum absolute atomic E-state index is 12.1. The van der Waals surface area contributed by atoms with Crippen LogP contribution in [-0.4, -0.2) is 37.4 Å². The molecular formula is C20H22N2O3. The van der Waals surface area contributed by atoms with E-state index in [0.29, 0.717) is 17.9 Å². The predicted octanol–water partition coefficient (Wildman–Crippen LogP) is 3.44. The first-order valence-corrected chi connectivity index (χ1v) is 8.04. The molecule has 2 rings (SSSR count). The summed E-state index contributed by atoms with van der Waals surface area (Å²) in [6.07, 6.45) is 3.17. The Balaban J connectivity index is 2.02. The van der Waals surface area contributed by atoms with Crippen LogP contribution in [0.5, 0.6) is 5.75 Å². The highest BCUT2D eigenvalue weighted by atomic mass is 16.5. The van der Waals surface area contributed by atoms with Crippen LogP contribution in [0, 0.1) is 0 Å². The van der Waals surface area contributed by atoms with Gasteiger partial charge in [-0.15, -0.1) is 0 Å². The molecule has 0 fully saturated rings. The second kappa shape index (κ2) is 8.68. The third-order valence-corrected chi connectivity index (χ3v) is 3.44. The van der Waals surface area contributed by atoms with E-state index in [4.69, 9.17) is 4.74 Å². The lowest BCUT2D eigenvalue weighted by Crippen LogP contribution is -2.21. The summed E-state index contributed by atoms with van der Waals surface area (Å²) in [6, 6.07) is 14.3. The molecule has 0 unspecified atom stereocenters. The van der Waals surface area contributed by atoms with Gasteiger partial charge >= 0.3 is 0 Å². The first-order valence-electron chi connectivity index (χ1n) is 8.04. The molecule has 130 valence electrons. The van der Waals surface area contributed by atoms with Gasteiger partial charge in [0.1, 0.15) is 5.75 Å². The van der Waals surface area contributed by atoms with Gasteiger partial charge in [-0.25, -0.2) is 0 Å². The molecule has 0 spiro atoms. The standard InChI is InChI=1S/C20H22N2O3/c1-4-25-18-8-6-5-7-15(18)11-14-19(23)21-17-12-9-16(10-13-17)20(24)22(2)3/h5-14H,4H2,1-3H3,(H,21,23)/b14-11+. The molecule has 0 bridgehead atoms. The minimum Gasteiger partial charge on any atom is -0.493 e. The third kappa shape index (κ3) is 5.21. The number of hydrogen-bond donors (Lipinski definition) is 1. The van der Waals surface area contributed by atoms with Crippen molar-refractivity contribution >= 4 is 23.6 Å². The number of rotatable bonds is 6. The van der Waals surface area contributed by atoms with Crippen LogP contribution in [0.3, 0.4) is 0 Å². The first-order chi connectivity index (χ1) is 12.0. The number of amides is 2. The van der Waals surface area contributed by atoms with Gasteiger partial charge in [0.25, 0.3) is 5.91 Å². The van der Waals surface area contributed by atoms with Gasteiger partial charge in [-0.2, -0.15) is 0 Å².